The molecule has 0 bridgehead atoms. The van der Waals surface area contributed by atoms with Crippen LogP contribution in [0.3, 0.4) is 0 Å². The average molecular weight is 162 g/mol. The van der Waals surface area contributed by atoms with Gasteiger partial charge >= 0.3 is 0 Å². The minimum Gasteiger partial charge on any atom is -0.349 e. The summed E-state index contributed by atoms with van der Waals surface area (Å²) in [6, 6.07) is 0.458. The Hall–Kier alpha value is -1.31. The Labute approximate surface area is 73.2 Å². The van der Waals surface area contributed by atoms with Crippen molar-refractivity contribution in [2.75, 3.05) is 0 Å². The molecule has 0 saturated heterocycles. The molecule has 0 atom stereocenters. The molecule has 2 heteroatoms. The summed E-state index contributed by atoms with van der Waals surface area (Å²) < 4.78 is 2.10. The predicted octanol–water partition coefficient (Wildman–Crippen LogP) is 3.04. The Morgan fingerprint density at radius 3 is 2.50 bits per heavy atom. The summed E-state index contributed by atoms with van der Waals surface area (Å²) in [7, 11) is 0. The van der Waals surface area contributed by atoms with E-state index in [0.717, 1.165) is 11.3 Å². The first-order valence-electron chi connectivity index (χ1n) is 3.99. The maximum atomic E-state index is 3.90. The van der Waals surface area contributed by atoms with Crippen LogP contribution < -0.4 is 0 Å². The third kappa shape index (κ3) is 1.47. The molecule has 0 radical (unpaired) electrons. The molecule has 0 saturated carbocycles. The van der Waals surface area contributed by atoms with E-state index in [-0.39, 0.29) is 0 Å². The third-order valence-corrected chi connectivity index (χ3v) is 1.84. The number of hydrogen-bond acceptors (Lipinski definition) is 1. The molecule has 1 aromatic rings. The van der Waals surface area contributed by atoms with E-state index >= 15 is 0 Å². The van der Waals surface area contributed by atoms with Crippen LogP contribution in [-0.4, -0.2) is 11.3 Å². The van der Waals surface area contributed by atoms with Gasteiger partial charge in [0.15, 0.2) is 0 Å². The maximum absolute atomic E-state index is 3.90. The molecule has 0 spiro atoms. The van der Waals surface area contributed by atoms with Crippen molar-refractivity contribution in [2.24, 2.45) is 4.99 Å². The average Bonchev–Trinajstić information content (AvgIpc) is 2.46. The second kappa shape index (κ2) is 3.39. The standard InChI is InChI=1S/C10H14N2/c1-5-9-6-12(8(2)3)7-10(9)11-4/h5-8H,1,4H2,2-3H3. The van der Waals surface area contributed by atoms with E-state index in [2.05, 4.69) is 36.7 Å². The molecule has 0 N–H and O–H groups in total. The van der Waals surface area contributed by atoms with Gasteiger partial charge < -0.3 is 4.57 Å². The van der Waals surface area contributed by atoms with E-state index in [0.29, 0.717) is 6.04 Å². The SMILES string of the molecule is C=Cc1cn(C(C)C)cc1N=C. The molecule has 1 heterocycles. The Bertz CT molecular complexity index is 269. The van der Waals surface area contributed by atoms with Gasteiger partial charge in [-0.15, -0.1) is 0 Å². The van der Waals surface area contributed by atoms with E-state index in [1.165, 1.54) is 0 Å². The molecule has 0 fully saturated rings. The van der Waals surface area contributed by atoms with Gasteiger partial charge in [0.25, 0.3) is 0 Å². The van der Waals surface area contributed by atoms with Gasteiger partial charge in [0, 0.05) is 24.0 Å². The Morgan fingerprint density at radius 2 is 2.17 bits per heavy atom. The number of aliphatic imine (C=N–C) groups is 1. The van der Waals surface area contributed by atoms with Gasteiger partial charge in [-0.25, -0.2) is 0 Å². The second-order valence-corrected chi connectivity index (χ2v) is 3.00. The molecule has 0 unspecified atom stereocenters. The van der Waals surface area contributed by atoms with Crippen molar-refractivity contribution < 1.29 is 0 Å². The molecule has 2 nitrogen and oxygen atoms in total. The smallest absolute Gasteiger partial charge is 0.0871 e. The van der Waals surface area contributed by atoms with Crippen LogP contribution >= 0.6 is 0 Å². The lowest BCUT2D eigenvalue weighted by Gasteiger charge is -2.04. The van der Waals surface area contributed by atoms with E-state index in [1.54, 1.807) is 6.08 Å². The lowest BCUT2D eigenvalue weighted by molar-refractivity contribution is 0.604. The summed E-state index contributed by atoms with van der Waals surface area (Å²) in [5.41, 5.74) is 1.94. The summed E-state index contributed by atoms with van der Waals surface area (Å²) in [6.07, 6.45) is 5.80. The summed E-state index contributed by atoms with van der Waals surface area (Å²) >= 11 is 0. The molecular formula is C10H14N2. The quantitative estimate of drug-likeness (QED) is 0.608. The Kier molecular flexibility index (Phi) is 2.48. The van der Waals surface area contributed by atoms with E-state index in [4.69, 9.17) is 0 Å². The van der Waals surface area contributed by atoms with Gasteiger partial charge in [-0.05, 0) is 20.6 Å². The first-order chi connectivity index (χ1) is 5.69. The van der Waals surface area contributed by atoms with Crippen LogP contribution in [0.5, 0.6) is 0 Å². The van der Waals surface area contributed by atoms with Gasteiger partial charge in [-0.1, -0.05) is 12.7 Å². The fraction of sp³-hybridized carbons (Fsp3) is 0.300. The topological polar surface area (TPSA) is 17.3 Å². The summed E-state index contributed by atoms with van der Waals surface area (Å²) in [4.78, 5) is 3.90. The number of hydrogen-bond donors (Lipinski definition) is 0. The number of nitrogens with zero attached hydrogens (tertiary/aromatic N) is 2. The van der Waals surface area contributed by atoms with E-state index in [1.807, 2.05) is 12.4 Å². The van der Waals surface area contributed by atoms with Crippen LogP contribution in [0.1, 0.15) is 25.5 Å². The predicted molar refractivity (Wildman–Crippen MR) is 54.1 cm³/mol. The molecule has 1 rings (SSSR count). The third-order valence-electron chi connectivity index (χ3n) is 1.84. The van der Waals surface area contributed by atoms with Crippen molar-refractivity contribution in [3.05, 3.63) is 24.5 Å². The molecule has 0 amide bonds. The lowest BCUT2D eigenvalue weighted by atomic mass is 10.3. The summed E-state index contributed by atoms with van der Waals surface area (Å²) in [6.45, 7) is 11.5. The van der Waals surface area contributed by atoms with Crippen LogP contribution in [0, 0.1) is 0 Å². The largest absolute Gasteiger partial charge is 0.349 e. The first kappa shape index (κ1) is 8.78. The molecule has 64 valence electrons. The van der Waals surface area contributed by atoms with Crippen molar-refractivity contribution in [3.63, 3.8) is 0 Å². The summed E-state index contributed by atoms with van der Waals surface area (Å²) in [5.74, 6) is 0. The van der Waals surface area contributed by atoms with Crippen LogP contribution in [0.15, 0.2) is 24.0 Å². The van der Waals surface area contributed by atoms with Crippen molar-refractivity contribution in [2.45, 2.75) is 19.9 Å². The zero-order chi connectivity index (χ0) is 9.14. The van der Waals surface area contributed by atoms with Crippen molar-refractivity contribution in [1.29, 1.82) is 0 Å². The Balaban J connectivity index is 3.13. The van der Waals surface area contributed by atoms with Gasteiger partial charge in [-0.3, -0.25) is 4.99 Å². The van der Waals surface area contributed by atoms with Crippen molar-refractivity contribution in [1.82, 2.24) is 4.57 Å². The maximum Gasteiger partial charge on any atom is 0.0871 e. The van der Waals surface area contributed by atoms with Gasteiger partial charge in [-0.2, -0.15) is 0 Å². The summed E-state index contributed by atoms with van der Waals surface area (Å²) in [5, 5.41) is 0. The highest BCUT2D eigenvalue weighted by atomic mass is 15.0. The van der Waals surface area contributed by atoms with Gasteiger partial charge in [0.05, 0.1) is 5.69 Å². The molecule has 0 aliphatic carbocycles. The first-order valence-corrected chi connectivity index (χ1v) is 3.99. The fourth-order valence-electron chi connectivity index (χ4n) is 1.07. The molecule has 0 aromatic carbocycles. The highest BCUT2D eigenvalue weighted by Gasteiger charge is 2.03. The zero-order valence-corrected chi connectivity index (χ0v) is 7.62. The normalized spacial score (nSPS) is 10.2. The van der Waals surface area contributed by atoms with Crippen LogP contribution in [-0.2, 0) is 0 Å². The second-order valence-electron chi connectivity index (χ2n) is 3.00. The number of rotatable bonds is 3. The lowest BCUT2D eigenvalue weighted by Crippen LogP contribution is -1.95. The van der Waals surface area contributed by atoms with Gasteiger partial charge in [0.1, 0.15) is 0 Å². The molecule has 0 aliphatic heterocycles. The zero-order valence-electron chi connectivity index (χ0n) is 7.62. The number of aromatic nitrogens is 1. The van der Waals surface area contributed by atoms with Crippen molar-refractivity contribution in [3.8, 4) is 0 Å². The molecular weight excluding hydrogens is 148 g/mol. The van der Waals surface area contributed by atoms with E-state index in [9.17, 15) is 0 Å². The minimum atomic E-state index is 0.458. The fourth-order valence-corrected chi connectivity index (χ4v) is 1.07. The highest BCUT2D eigenvalue weighted by Crippen LogP contribution is 2.23. The minimum absolute atomic E-state index is 0.458. The Morgan fingerprint density at radius 1 is 1.50 bits per heavy atom. The van der Waals surface area contributed by atoms with Crippen molar-refractivity contribution >= 4 is 18.5 Å². The monoisotopic (exact) mass is 162 g/mol. The van der Waals surface area contributed by atoms with Crippen LogP contribution in [0.25, 0.3) is 6.08 Å². The van der Waals surface area contributed by atoms with Crippen LogP contribution in [0.4, 0.5) is 5.69 Å². The highest BCUT2D eigenvalue weighted by molar-refractivity contribution is 5.64. The molecule has 1 aromatic heterocycles. The molecule has 0 aliphatic rings. The molecule has 12 heavy (non-hydrogen) atoms. The van der Waals surface area contributed by atoms with Crippen LogP contribution in [0.2, 0.25) is 0 Å². The van der Waals surface area contributed by atoms with E-state index < -0.39 is 0 Å². The van der Waals surface area contributed by atoms with Gasteiger partial charge in [0.2, 0.25) is 0 Å².